The van der Waals surface area contributed by atoms with Crippen LogP contribution in [0.3, 0.4) is 0 Å². The molecule has 1 aromatic heterocycles. The van der Waals surface area contributed by atoms with Crippen molar-refractivity contribution < 1.29 is 27.5 Å². The number of halogens is 3. The van der Waals surface area contributed by atoms with Gasteiger partial charge >= 0.3 is 11.8 Å². The van der Waals surface area contributed by atoms with Crippen molar-refractivity contribution >= 4 is 16.8 Å². The third-order valence-electron chi connectivity index (χ3n) is 5.29. The molecule has 7 heteroatoms. The van der Waals surface area contributed by atoms with Crippen molar-refractivity contribution in [3.63, 3.8) is 0 Å². The third kappa shape index (κ3) is 4.17. The van der Waals surface area contributed by atoms with Crippen LogP contribution in [0.5, 0.6) is 5.75 Å². The van der Waals surface area contributed by atoms with Crippen LogP contribution < -0.4 is 5.63 Å². The van der Waals surface area contributed by atoms with Crippen LogP contribution in [0, 0.1) is 11.8 Å². The van der Waals surface area contributed by atoms with E-state index in [9.17, 15) is 27.9 Å². The molecule has 148 valence electrons. The van der Waals surface area contributed by atoms with E-state index < -0.39 is 28.9 Å². The van der Waals surface area contributed by atoms with Gasteiger partial charge in [-0.15, -0.1) is 0 Å². The largest absolute Gasteiger partial charge is 0.506 e. The number of rotatable bonds is 6. The van der Waals surface area contributed by atoms with E-state index in [2.05, 4.69) is 20.8 Å². The minimum atomic E-state index is -5.28. The molecule has 27 heavy (non-hydrogen) atoms. The zero-order valence-electron chi connectivity index (χ0n) is 15.7. The maximum Gasteiger partial charge on any atom is 0.455 e. The van der Waals surface area contributed by atoms with Crippen LogP contribution in [-0.2, 0) is 0 Å². The molecule has 3 atom stereocenters. The van der Waals surface area contributed by atoms with Crippen LogP contribution in [0.15, 0.2) is 27.4 Å². The van der Waals surface area contributed by atoms with Gasteiger partial charge in [0, 0.05) is 0 Å². The number of ketones is 1. The van der Waals surface area contributed by atoms with E-state index in [1.54, 1.807) is 12.1 Å². The second-order valence-electron chi connectivity index (χ2n) is 7.16. The zero-order chi connectivity index (χ0) is 20.5. The normalized spacial score (nSPS) is 15.5. The number of benzene rings is 1. The first-order chi connectivity index (χ1) is 12.5. The summed E-state index contributed by atoms with van der Waals surface area (Å²) in [6.45, 7) is 8.28. The lowest BCUT2D eigenvalue weighted by Gasteiger charge is -2.23. The average molecular weight is 384 g/mol. The number of alkyl halides is 3. The van der Waals surface area contributed by atoms with Crippen LogP contribution in [0.4, 0.5) is 13.2 Å². The fourth-order valence-corrected chi connectivity index (χ4v) is 3.28. The fourth-order valence-electron chi connectivity index (χ4n) is 3.28. The van der Waals surface area contributed by atoms with Crippen LogP contribution in [0.2, 0.25) is 0 Å². The van der Waals surface area contributed by atoms with Gasteiger partial charge in [0.15, 0.2) is 5.56 Å². The molecule has 0 saturated carbocycles. The molecule has 0 amide bonds. The van der Waals surface area contributed by atoms with E-state index in [1.807, 2.05) is 6.92 Å². The van der Waals surface area contributed by atoms with Gasteiger partial charge in [-0.05, 0) is 35.8 Å². The number of carbonyl (C=O) groups excluding carboxylic acids is 1. The number of hydrogen-bond donors (Lipinski definition) is 1. The molecular formula is C20H23F3O4. The molecule has 0 fully saturated rings. The molecule has 1 aromatic carbocycles. The highest BCUT2D eigenvalue weighted by atomic mass is 19.4. The van der Waals surface area contributed by atoms with Crippen molar-refractivity contribution in [1.82, 2.24) is 0 Å². The predicted octanol–water partition coefficient (Wildman–Crippen LogP) is 5.42. The van der Waals surface area contributed by atoms with E-state index in [0.29, 0.717) is 17.4 Å². The van der Waals surface area contributed by atoms with Crippen molar-refractivity contribution in [2.24, 2.45) is 11.8 Å². The predicted molar refractivity (Wildman–Crippen MR) is 96.2 cm³/mol. The summed E-state index contributed by atoms with van der Waals surface area (Å²) in [7, 11) is 0. The molecule has 0 radical (unpaired) electrons. The van der Waals surface area contributed by atoms with Gasteiger partial charge in [0.2, 0.25) is 0 Å². The van der Waals surface area contributed by atoms with E-state index in [4.69, 9.17) is 4.42 Å². The van der Waals surface area contributed by atoms with Gasteiger partial charge in [0.1, 0.15) is 11.3 Å². The second-order valence-corrected chi connectivity index (χ2v) is 7.16. The van der Waals surface area contributed by atoms with Gasteiger partial charge in [0.25, 0.3) is 5.78 Å². The minimum absolute atomic E-state index is 0.0163. The molecule has 0 spiro atoms. The Labute approximate surface area is 155 Å². The zero-order valence-corrected chi connectivity index (χ0v) is 15.7. The molecule has 2 rings (SSSR count). The Bertz CT molecular complexity index is 898. The van der Waals surface area contributed by atoms with Crippen LogP contribution in [0.1, 0.15) is 62.4 Å². The van der Waals surface area contributed by atoms with Crippen molar-refractivity contribution in [3.8, 4) is 5.75 Å². The summed E-state index contributed by atoms with van der Waals surface area (Å²) in [5.74, 6) is -2.60. The summed E-state index contributed by atoms with van der Waals surface area (Å²) in [4.78, 5) is 23.5. The number of fused-ring (bicyclic) bond motifs is 1. The Kier molecular flexibility index (Phi) is 6.02. The van der Waals surface area contributed by atoms with Gasteiger partial charge in [-0.25, -0.2) is 4.79 Å². The Morgan fingerprint density at radius 1 is 1.19 bits per heavy atom. The molecule has 0 aliphatic heterocycles. The third-order valence-corrected chi connectivity index (χ3v) is 5.29. The average Bonchev–Trinajstić information content (AvgIpc) is 2.59. The number of Topliss-reactive ketones (excluding diaryl/α,β-unsaturated/α-hetero) is 1. The van der Waals surface area contributed by atoms with Gasteiger partial charge in [-0.2, -0.15) is 13.2 Å². The van der Waals surface area contributed by atoms with Crippen molar-refractivity contribution in [3.05, 3.63) is 39.7 Å². The van der Waals surface area contributed by atoms with E-state index in [-0.39, 0.29) is 16.9 Å². The number of carbonyl (C=O) groups is 1. The second kappa shape index (κ2) is 7.74. The molecule has 0 bridgehead atoms. The van der Waals surface area contributed by atoms with Crippen molar-refractivity contribution in [1.29, 1.82) is 0 Å². The molecule has 3 unspecified atom stereocenters. The van der Waals surface area contributed by atoms with E-state index in [1.165, 1.54) is 6.07 Å². The first-order valence-corrected chi connectivity index (χ1v) is 8.89. The topological polar surface area (TPSA) is 67.5 Å². The maximum atomic E-state index is 12.7. The summed E-state index contributed by atoms with van der Waals surface area (Å²) in [6.07, 6.45) is -3.49. The fraction of sp³-hybridized carbons (Fsp3) is 0.500. The Morgan fingerprint density at radius 3 is 2.37 bits per heavy atom. The van der Waals surface area contributed by atoms with Crippen LogP contribution >= 0.6 is 0 Å². The molecule has 0 aliphatic carbocycles. The van der Waals surface area contributed by atoms with E-state index >= 15 is 0 Å². The number of aromatic hydroxyl groups is 1. The number of hydrogen-bond acceptors (Lipinski definition) is 4. The molecule has 4 nitrogen and oxygen atoms in total. The highest BCUT2D eigenvalue weighted by Crippen LogP contribution is 2.36. The quantitative estimate of drug-likeness (QED) is 0.533. The molecule has 0 saturated heterocycles. The molecular weight excluding hydrogens is 361 g/mol. The highest BCUT2D eigenvalue weighted by Gasteiger charge is 2.43. The molecule has 1 N–H and O–H groups in total. The smallest absolute Gasteiger partial charge is 0.455 e. The standard InChI is InChI=1S/C20H23F3O4/c1-5-10(2)11(3)9-12(4)13-7-6-8-14-16(24)15(18(25)20(21,22)23)19(26)27-17(13)14/h6-8,10-12,24H,5,9H2,1-4H3. The molecule has 0 aliphatic rings. The van der Waals surface area contributed by atoms with Gasteiger partial charge in [0.05, 0.1) is 5.39 Å². The molecule has 1 heterocycles. The van der Waals surface area contributed by atoms with Gasteiger partial charge in [-0.3, -0.25) is 4.79 Å². The lowest BCUT2D eigenvalue weighted by molar-refractivity contribution is -0.0888. The van der Waals surface area contributed by atoms with Crippen LogP contribution in [-0.4, -0.2) is 17.1 Å². The lowest BCUT2D eigenvalue weighted by Crippen LogP contribution is -2.28. The van der Waals surface area contributed by atoms with Crippen molar-refractivity contribution in [2.75, 3.05) is 0 Å². The highest BCUT2D eigenvalue weighted by molar-refractivity contribution is 6.05. The summed E-state index contributed by atoms with van der Waals surface area (Å²) >= 11 is 0. The van der Waals surface area contributed by atoms with Crippen molar-refractivity contribution in [2.45, 2.75) is 52.6 Å². The summed E-state index contributed by atoms with van der Waals surface area (Å²) in [6, 6.07) is 4.60. The number of para-hydroxylation sites is 1. The Morgan fingerprint density at radius 2 is 1.81 bits per heavy atom. The first-order valence-electron chi connectivity index (χ1n) is 8.89. The first kappa shape index (κ1) is 21.0. The molecule has 2 aromatic rings. The SMILES string of the molecule is CCC(C)C(C)CC(C)c1cccc2c(O)c(C(=O)C(F)(F)F)c(=O)oc12. The lowest BCUT2D eigenvalue weighted by atomic mass is 9.83. The maximum absolute atomic E-state index is 12.7. The van der Waals surface area contributed by atoms with E-state index in [0.717, 1.165) is 12.8 Å². The monoisotopic (exact) mass is 384 g/mol. The Balaban J connectivity index is 2.57. The van der Waals surface area contributed by atoms with Gasteiger partial charge in [-0.1, -0.05) is 46.2 Å². The summed E-state index contributed by atoms with van der Waals surface area (Å²) in [5.41, 5.74) is -2.24. The summed E-state index contributed by atoms with van der Waals surface area (Å²) in [5, 5.41) is 10.1. The minimum Gasteiger partial charge on any atom is -0.506 e. The Hall–Kier alpha value is -2.31. The van der Waals surface area contributed by atoms with Gasteiger partial charge < -0.3 is 9.52 Å². The van der Waals surface area contributed by atoms with Crippen LogP contribution in [0.25, 0.3) is 11.0 Å². The summed E-state index contributed by atoms with van der Waals surface area (Å²) < 4.78 is 43.2.